The summed E-state index contributed by atoms with van der Waals surface area (Å²) in [5.74, 6) is 0. The third-order valence-corrected chi connectivity index (χ3v) is 3.80. The molecule has 0 spiro atoms. The Kier molecular flexibility index (Phi) is 3.48. The average Bonchev–Trinajstić information content (AvgIpc) is 2.94. The number of fused-ring (bicyclic) bond motifs is 1. The molecule has 0 heterocycles. The van der Waals surface area contributed by atoms with Crippen LogP contribution in [0, 0.1) is 10.1 Å². The number of benzene rings is 2. The summed E-state index contributed by atoms with van der Waals surface area (Å²) in [5.41, 5.74) is 5.26. The van der Waals surface area contributed by atoms with Crippen molar-refractivity contribution in [1.29, 1.82) is 0 Å². The van der Waals surface area contributed by atoms with Gasteiger partial charge in [-0.25, -0.2) is 0 Å². The molecule has 1 aliphatic rings. The number of nitro benzene ring substituents is 1. The van der Waals surface area contributed by atoms with Gasteiger partial charge in [0.25, 0.3) is 5.69 Å². The Bertz CT molecular complexity index is 698. The minimum absolute atomic E-state index is 0.0745. The number of nitrogens with zero attached hydrogens (tertiary/aromatic N) is 1. The molecule has 0 saturated carbocycles. The molecule has 0 saturated heterocycles. The van der Waals surface area contributed by atoms with E-state index in [4.69, 9.17) is 0 Å². The Morgan fingerprint density at radius 1 is 1.00 bits per heavy atom. The maximum Gasteiger partial charge on any atom is 0.273 e. The molecule has 3 rings (SSSR count). The maximum absolute atomic E-state index is 11.0. The second-order valence-corrected chi connectivity index (χ2v) is 5.24. The number of hydrogen-bond donors (Lipinski definition) is 2. The van der Waals surface area contributed by atoms with Gasteiger partial charge in [0.2, 0.25) is 0 Å². The van der Waals surface area contributed by atoms with E-state index in [1.54, 1.807) is 13.1 Å². The van der Waals surface area contributed by atoms with E-state index in [1.165, 1.54) is 23.6 Å². The summed E-state index contributed by atoms with van der Waals surface area (Å²) in [6.07, 6.45) is 3.47. The van der Waals surface area contributed by atoms with Crippen molar-refractivity contribution in [3.8, 4) is 0 Å². The third kappa shape index (κ3) is 2.81. The quantitative estimate of drug-likeness (QED) is 0.660. The van der Waals surface area contributed by atoms with E-state index in [-0.39, 0.29) is 10.6 Å². The molecule has 2 aromatic rings. The molecule has 0 radical (unpaired) electrons. The highest BCUT2D eigenvalue weighted by Gasteiger charge is 2.12. The molecule has 0 atom stereocenters. The number of rotatable bonds is 4. The van der Waals surface area contributed by atoms with Crippen LogP contribution < -0.4 is 10.6 Å². The Labute approximate surface area is 123 Å². The van der Waals surface area contributed by atoms with Gasteiger partial charge in [-0.2, -0.15) is 0 Å². The number of hydrogen-bond acceptors (Lipinski definition) is 4. The fourth-order valence-corrected chi connectivity index (χ4v) is 2.75. The predicted molar refractivity (Wildman–Crippen MR) is 84.4 cm³/mol. The highest BCUT2D eigenvalue weighted by Crippen LogP contribution is 2.29. The van der Waals surface area contributed by atoms with Crippen LogP contribution in [-0.2, 0) is 12.8 Å². The van der Waals surface area contributed by atoms with Crippen molar-refractivity contribution in [2.45, 2.75) is 19.3 Å². The van der Waals surface area contributed by atoms with Crippen LogP contribution in [0.1, 0.15) is 17.5 Å². The minimum atomic E-state index is -0.380. The fraction of sp³-hybridized carbons (Fsp3) is 0.250. The van der Waals surface area contributed by atoms with Crippen LogP contribution in [0.25, 0.3) is 0 Å². The lowest BCUT2D eigenvalue weighted by molar-refractivity contribution is -0.384. The Balaban J connectivity index is 1.90. The highest BCUT2D eigenvalue weighted by molar-refractivity contribution is 5.69. The van der Waals surface area contributed by atoms with Gasteiger partial charge in [-0.15, -0.1) is 0 Å². The number of nitrogens with one attached hydrogen (secondary N) is 2. The average molecular weight is 283 g/mol. The molecule has 5 heteroatoms. The first-order valence-corrected chi connectivity index (χ1v) is 7.02. The highest BCUT2D eigenvalue weighted by atomic mass is 16.6. The van der Waals surface area contributed by atoms with Gasteiger partial charge in [-0.3, -0.25) is 10.1 Å². The van der Waals surface area contributed by atoms with Gasteiger partial charge in [0.1, 0.15) is 0 Å². The summed E-state index contributed by atoms with van der Waals surface area (Å²) in [7, 11) is 1.75. The molecular formula is C16H17N3O2. The van der Waals surface area contributed by atoms with Crippen molar-refractivity contribution >= 4 is 22.7 Å². The van der Waals surface area contributed by atoms with Crippen LogP contribution in [0.15, 0.2) is 36.4 Å². The van der Waals surface area contributed by atoms with Crippen molar-refractivity contribution in [3.05, 3.63) is 57.6 Å². The Morgan fingerprint density at radius 3 is 2.52 bits per heavy atom. The first-order chi connectivity index (χ1) is 10.2. The summed E-state index contributed by atoms with van der Waals surface area (Å²) in [4.78, 5) is 10.6. The molecule has 108 valence electrons. The molecule has 2 N–H and O–H groups in total. The van der Waals surface area contributed by atoms with Crippen molar-refractivity contribution < 1.29 is 4.92 Å². The van der Waals surface area contributed by atoms with E-state index in [0.717, 1.165) is 18.5 Å². The molecular weight excluding hydrogens is 266 g/mol. The van der Waals surface area contributed by atoms with Crippen LogP contribution in [-0.4, -0.2) is 12.0 Å². The monoisotopic (exact) mass is 283 g/mol. The summed E-state index contributed by atoms with van der Waals surface area (Å²) < 4.78 is 0. The smallest absolute Gasteiger partial charge is 0.273 e. The third-order valence-electron chi connectivity index (χ3n) is 3.80. The zero-order valence-electron chi connectivity index (χ0n) is 11.8. The summed E-state index contributed by atoms with van der Waals surface area (Å²) in [6, 6.07) is 11.2. The van der Waals surface area contributed by atoms with Crippen molar-refractivity contribution in [2.24, 2.45) is 0 Å². The van der Waals surface area contributed by atoms with Crippen LogP contribution in [0.2, 0.25) is 0 Å². The maximum atomic E-state index is 11.0. The largest absolute Gasteiger partial charge is 0.388 e. The lowest BCUT2D eigenvalue weighted by Crippen LogP contribution is -1.97. The van der Waals surface area contributed by atoms with Gasteiger partial charge in [-0.05, 0) is 48.6 Å². The van der Waals surface area contributed by atoms with Gasteiger partial charge >= 0.3 is 0 Å². The molecule has 0 aromatic heterocycles. The fourth-order valence-electron chi connectivity index (χ4n) is 2.75. The topological polar surface area (TPSA) is 67.2 Å². The molecule has 0 bridgehead atoms. The van der Waals surface area contributed by atoms with E-state index in [9.17, 15) is 10.1 Å². The second-order valence-electron chi connectivity index (χ2n) is 5.24. The molecule has 21 heavy (non-hydrogen) atoms. The standard InChI is InChI=1S/C16H17N3O2/c1-17-14-8-15(10-16(9-14)19(20)21)18-13-6-5-11-3-2-4-12(11)7-13/h5-10,17-18H,2-4H2,1H3. The number of nitro groups is 1. The van der Waals surface area contributed by atoms with Crippen LogP contribution >= 0.6 is 0 Å². The van der Waals surface area contributed by atoms with Gasteiger partial charge in [-0.1, -0.05) is 6.07 Å². The predicted octanol–water partition coefficient (Wildman–Crippen LogP) is 3.87. The molecule has 0 aliphatic heterocycles. The summed E-state index contributed by atoms with van der Waals surface area (Å²) in [6.45, 7) is 0. The van der Waals surface area contributed by atoms with E-state index in [0.29, 0.717) is 11.4 Å². The Morgan fingerprint density at radius 2 is 1.76 bits per heavy atom. The van der Waals surface area contributed by atoms with E-state index < -0.39 is 0 Å². The molecule has 2 aromatic carbocycles. The lowest BCUT2D eigenvalue weighted by Gasteiger charge is -2.10. The van der Waals surface area contributed by atoms with Gasteiger partial charge in [0.05, 0.1) is 4.92 Å². The normalized spacial score (nSPS) is 12.8. The number of non-ortho nitro benzene ring substituents is 1. The van der Waals surface area contributed by atoms with Crippen molar-refractivity contribution in [1.82, 2.24) is 0 Å². The molecule has 0 amide bonds. The van der Waals surface area contributed by atoms with E-state index in [1.807, 2.05) is 12.1 Å². The van der Waals surface area contributed by atoms with E-state index >= 15 is 0 Å². The zero-order chi connectivity index (χ0) is 14.8. The number of anilines is 3. The first-order valence-electron chi connectivity index (χ1n) is 7.02. The van der Waals surface area contributed by atoms with Crippen LogP contribution in [0.3, 0.4) is 0 Å². The van der Waals surface area contributed by atoms with E-state index in [2.05, 4.69) is 22.8 Å². The summed E-state index contributed by atoms with van der Waals surface area (Å²) in [5, 5.41) is 17.2. The zero-order valence-corrected chi connectivity index (χ0v) is 11.8. The van der Waals surface area contributed by atoms with Crippen LogP contribution in [0.5, 0.6) is 0 Å². The molecule has 5 nitrogen and oxygen atoms in total. The molecule has 1 aliphatic carbocycles. The van der Waals surface area contributed by atoms with Gasteiger partial charge in [0, 0.05) is 36.2 Å². The van der Waals surface area contributed by atoms with Crippen molar-refractivity contribution in [3.63, 3.8) is 0 Å². The van der Waals surface area contributed by atoms with Crippen LogP contribution in [0.4, 0.5) is 22.7 Å². The molecule has 0 unspecified atom stereocenters. The SMILES string of the molecule is CNc1cc(Nc2ccc3c(c2)CCC3)cc([N+](=O)[O-])c1. The lowest BCUT2D eigenvalue weighted by atomic mass is 10.1. The Hall–Kier alpha value is -2.56. The van der Waals surface area contributed by atoms with Crippen molar-refractivity contribution in [2.75, 3.05) is 17.7 Å². The molecule has 0 fully saturated rings. The van der Waals surface area contributed by atoms with Gasteiger partial charge < -0.3 is 10.6 Å². The number of aryl methyl sites for hydroxylation is 2. The van der Waals surface area contributed by atoms with Gasteiger partial charge in [0.15, 0.2) is 0 Å². The minimum Gasteiger partial charge on any atom is -0.388 e. The first kappa shape index (κ1) is 13.4. The summed E-state index contributed by atoms with van der Waals surface area (Å²) >= 11 is 0. The second kappa shape index (κ2) is 5.44.